The minimum atomic E-state index is -0.853. The van der Waals surface area contributed by atoms with Crippen LogP contribution in [0.4, 0.5) is 10.1 Å². The highest BCUT2D eigenvalue weighted by Crippen LogP contribution is 2.49. The van der Waals surface area contributed by atoms with E-state index in [0.29, 0.717) is 11.3 Å². The van der Waals surface area contributed by atoms with Crippen LogP contribution in [-0.4, -0.2) is 39.2 Å². The van der Waals surface area contributed by atoms with Crippen LogP contribution in [0.2, 0.25) is 0 Å². The van der Waals surface area contributed by atoms with E-state index in [0.717, 1.165) is 22.4 Å². The van der Waals surface area contributed by atoms with E-state index in [1.165, 1.54) is 37.1 Å². The maximum Gasteiger partial charge on any atom is 0.243 e. The number of thioether (sulfide) groups is 1. The van der Waals surface area contributed by atoms with Crippen molar-refractivity contribution in [1.82, 2.24) is 4.98 Å². The summed E-state index contributed by atoms with van der Waals surface area (Å²) in [5, 5.41) is 20.1. The van der Waals surface area contributed by atoms with Crippen LogP contribution in [-0.2, 0) is 4.79 Å². The Hall–Kier alpha value is -3.88. The number of aromatic hydroxyl groups is 1. The average molecular weight is 517 g/mol. The molecule has 5 rings (SSSR count). The monoisotopic (exact) mass is 516 g/mol. The Kier molecular flexibility index (Phi) is 7.12. The number of phenolic OH excluding ortho intramolecular Hbond substituents is 1. The van der Waals surface area contributed by atoms with Crippen LogP contribution >= 0.6 is 11.8 Å². The molecule has 1 amide bonds. The highest BCUT2D eigenvalue weighted by Gasteiger charge is 2.50. The van der Waals surface area contributed by atoms with Gasteiger partial charge in [0.2, 0.25) is 5.91 Å². The second-order valence-electron chi connectivity index (χ2n) is 8.69. The van der Waals surface area contributed by atoms with E-state index < -0.39 is 11.4 Å². The zero-order valence-corrected chi connectivity index (χ0v) is 20.8. The van der Waals surface area contributed by atoms with E-state index in [2.05, 4.69) is 4.98 Å². The lowest BCUT2D eigenvalue weighted by atomic mass is 9.91. The van der Waals surface area contributed by atoms with E-state index in [4.69, 9.17) is 4.74 Å². The van der Waals surface area contributed by atoms with Crippen molar-refractivity contribution in [3.63, 3.8) is 0 Å². The fraction of sp³-hybridized carbons (Fsp3) is 0.172. The number of phenols is 1. The Morgan fingerprint density at radius 1 is 1.05 bits per heavy atom. The van der Waals surface area contributed by atoms with Crippen LogP contribution < -0.4 is 9.64 Å². The Morgan fingerprint density at radius 3 is 2.49 bits per heavy atom. The molecule has 0 saturated carbocycles. The Morgan fingerprint density at radius 2 is 1.81 bits per heavy atom. The zero-order chi connectivity index (χ0) is 25.9. The van der Waals surface area contributed by atoms with Crippen LogP contribution in [0.5, 0.6) is 11.5 Å². The molecule has 0 unspecified atom stereocenters. The summed E-state index contributed by atoms with van der Waals surface area (Å²) in [4.78, 5) is 19.3. The summed E-state index contributed by atoms with van der Waals surface area (Å²) in [5.74, 6) is 0.328. The molecule has 2 heterocycles. The number of halogens is 1. The molecule has 8 heteroatoms. The smallest absolute Gasteiger partial charge is 0.243 e. The molecule has 1 fully saturated rings. The maximum absolute atomic E-state index is 13.4. The number of aromatic nitrogens is 1. The van der Waals surface area contributed by atoms with Gasteiger partial charge in [0.15, 0.2) is 0 Å². The molecule has 1 saturated heterocycles. The third-order valence-corrected chi connectivity index (χ3v) is 7.74. The number of carbonyl (C=O) groups excluding carboxylic acids is 1. The van der Waals surface area contributed by atoms with Gasteiger partial charge in [-0.15, -0.1) is 11.8 Å². The van der Waals surface area contributed by atoms with Crippen molar-refractivity contribution in [1.29, 1.82) is 0 Å². The number of nitrogens with zero attached hydrogens (tertiary/aromatic N) is 2. The Bertz CT molecular complexity index is 1380. The number of aliphatic hydroxyl groups excluding tert-OH is 1. The number of hydrogen-bond donors (Lipinski definition) is 2. The molecule has 0 radical (unpaired) electrons. The normalized spacial score (nSPS) is 17.8. The van der Waals surface area contributed by atoms with E-state index in [9.17, 15) is 19.4 Å². The molecule has 1 aliphatic rings. The topological polar surface area (TPSA) is 82.9 Å². The number of rotatable bonds is 8. The van der Waals surface area contributed by atoms with Crippen molar-refractivity contribution in [2.75, 3.05) is 17.8 Å². The van der Waals surface area contributed by atoms with Crippen molar-refractivity contribution in [3.8, 4) is 22.6 Å². The second kappa shape index (κ2) is 10.6. The average Bonchev–Trinajstić information content (AvgIpc) is 2.93. The number of aliphatic hydroxyl groups is 1. The number of amides is 1. The van der Waals surface area contributed by atoms with Gasteiger partial charge in [-0.05, 0) is 59.2 Å². The van der Waals surface area contributed by atoms with E-state index in [-0.39, 0.29) is 29.3 Å². The number of β-lactam (4-membered cyclic amide) rings is 1. The van der Waals surface area contributed by atoms with Gasteiger partial charge in [-0.1, -0.05) is 30.3 Å². The van der Waals surface area contributed by atoms with Crippen LogP contribution in [0.3, 0.4) is 0 Å². The molecule has 37 heavy (non-hydrogen) atoms. The number of hydrogen-bond acceptors (Lipinski definition) is 6. The second-order valence-corrected chi connectivity index (χ2v) is 9.86. The molecule has 1 aromatic heterocycles. The lowest BCUT2D eigenvalue weighted by Gasteiger charge is -2.47. The van der Waals surface area contributed by atoms with Crippen LogP contribution in [0.1, 0.15) is 23.3 Å². The van der Waals surface area contributed by atoms with Crippen molar-refractivity contribution in [2.24, 2.45) is 0 Å². The highest BCUT2D eigenvalue weighted by atomic mass is 32.2. The first-order valence-corrected chi connectivity index (χ1v) is 12.8. The molecule has 6 nitrogen and oxygen atoms in total. The van der Waals surface area contributed by atoms with Gasteiger partial charge in [0.1, 0.15) is 22.6 Å². The summed E-state index contributed by atoms with van der Waals surface area (Å²) in [6.07, 6.45) is 2.65. The quantitative estimate of drug-likeness (QED) is 0.300. The van der Waals surface area contributed by atoms with Gasteiger partial charge in [0, 0.05) is 35.5 Å². The largest absolute Gasteiger partial charge is 0.508 e. The van der Waals surface area contributed by atoms with Gasteiger partial charge in [-0.2, -0.15) is 0 Å². The third kappa shape index (κ3) is 5.03. The fourth-order valence-corrected chi connectivity index (χ4v) is 5.77. The van der Waals surface area contributed by atoms with Gasteiger partial charge in [0.25, 0.3) is 0 Å². The third-order valence-electron chi connectivity index (χ3n) is 6.41. The summed E-state index contributed by atoms with van der Waals surface area (Å²) in [5.41, 5.74) is 4.03. The predicted molar refractivity (Wildman–Crippen MR) is 142 cm³/mol. The Labute approximate surface area is 218 Å². The van der Waals surface area contributed by atoms with E-state index in [1.54, 1.807) is 41.6 Å². The molecule has 3 atom stereocenters. The van der Waals surface area contributed by atoms with Crippen molar-refractivity contribution in [2.45, 2.75) is 17.4 Å². The SMILES string of the molecule is COc1cc(O)ccc1[C@@H]1[C@@H](SC[C@@H](O)c2ccc(F)cc2)C(=O)N1c1ccc(-c2cccnc2)cc1. The molecule has 0 bridgehead atoms. The van der Waals surface area contributed by atoms with Crippen LogP contribution in [0, 0.1) is 5.82 Å². The number of ether oxygens (including phenoxy) is 1. The first-order chi connectivity index (χ1) is 18.0. The number of anilines is 1. The van der Waals surface area contributed by atoms with Gasteiger partial charge in [0.05, 0.1) is 19.3 Å². The molecule has 4 aromatic rings. The van der Waals surface area contributed by atoms with Crippen LogP contribution in [0.25, 0.3) is 11.1 Å². The summed E-state index contributed by atoms with van der Waals surface area (Å²) in [6.45, 7) is 0. The van der Waals surface area contributed by atoms with Gasteiger partial charge >= 0.3 is 0 Å². The molecule has 1 aliphatic heterocycles. The van der Waals surface area contributed by atoms with E-state index >= 15 is 0 Å². The van der Waals surface area contributed by atoms with Gasteiger partial charge in [-0.3, -0.25) is 9.78 Å². The minimum Gasteiger partial charge on any atom is -0.508 e. The molecule has 3 aromatic carbocycles. The summed E-state index contributed by atoms with van der Waals surface area (Å²) < 4.78 is 18.8. The molecular formula is C29H25FN2O4S. The van der Waals surface area contributed by atoms with Crippen LogP contribution in [0.15, 0.2) is 91.3 Å². The molecule has 0 spiro atoms. The summed E-state index contributed by atoms with van der Waals surface area (Å²) in [7, 11) is 1.52. The standard InChI is InChI=1S/C29H25FN2O4S/c1-36-26-15-23(33)12-13-24(26)27-28(37-17-25(34)19-4-8-21(30)9-5-19)29(35)32(27)22-10-6-18(7-11-22)20-3-2-14-31-16-20/h2-16,25,27-28,33-34H,17H2,1H3/t25-,27-,28-/m1/s1. The highest BCUT2D eigenvalue weighted by molar-refractivity contribution is 8.00. The maximum atomic E-state index is 13.4. The number of methoxy groups -OCH3 is 1. The summed E-state index contributed by atoms with van der Waals surface area (Å²) in [6, 6.07) is 21.7. The summed E-state index contributed by atoms with van der Waals surface area (Å²) >= 11 is 1.34. The molecular weight excluding hydrogens is 491 g/mol. The zero-order valence-electron chi connectivity index (χ0n) is 20.0. The van der Waals surface area contributed by atoms with Gasteiger partial charge < -0.3 is 19.8 Å². The number of carbonyl (C=O) groups is 1. The first-order valence-electron chi connectivity index (χ1n) is 11.7. The Balaban J connectivity index is 1.42. The fourth-order valence-electron chi connectivity index (χ4n) is 4.48. The van der Waals surface area contributed by atoms with Gasteiger partial charge in [-0.25, -0.2) is 4.39 Å². The first kappa shape index (κ1) is 24.8. The lowest BCUT2D eigenvalue weighted by Crippen LogP contribution is -2.57. The van der Waals surface area contributed by atoms with Crippen molar-refractivity contribution < 1.29 is 24.1 Å². The number of pyridine rings is 1. The van der Waals surface area contributed by atoms with Crippen molar-refractivity contribution >= 4 is 23.4 Å². The lowest BCUT2D eigenvalue weighted by molar-refractivity contribution is -0.123. The minimum absolute atomic E-state index is 0.0644. The molecule has 0 aliphatic carbocycles. The van der Waals surface area contributed by atoms with E-state index in [1.807, 2.05) is 36.4 Å². The predicted octanol–water partition coefficient (Wildman–Crippen LogP) is 5.53. The molecule has 2 N–H and O–H groups in total. The number of benzene rings is 3. The molecule has 188 valence electrons. The van der Waals surface area contributed by atoms with Crippen molar-refractivity contribution in [3.05, 3.63) is 108 Å².